The number of pyridine rings is 1. The van der Waals surface area contributed by atoms with Crippen LogP contribution in [0.3, 0.4) is 0 Å². The molecule has 0 bridgehead atoms. The number of nitrogens with zero attached hydrogens (tertiary/aromatic N) is 1. The smallest absolute Gasteiger partial charge is 0.257 e. The van der Waals surface area contributed by atoms with E-state index in [0.717, 1.165) is 17.7 Å². The monoisotopic (exact) mass is 385 g/mol. The first kappa shape index (κ1) is 19.4. The quantitative estimate of drug-likeness (QED) is 0.561. The average Bonchev–Trinajstić information content (AvgIpc) is 2.69. The second kappa shape index (κ2) is 8.12. The van der Waals surface area contributed by atoms with E-state index < -0.39 is 23.4 Å². The van der Waals surface area contributed by atoms with Gasteiger partial charge in [-0.2, -0.15) is 0 Å². The fraction of sp³-hybridized carbons (Fsp3) is 0.143. The number of aromatic nitrogens is 1. The van der Waals surface area contributed by atoms with Crippen molar-refractivity contribution in [3.05, 3.63) is 83.4 Å². The van der Waals surface area contributed by atoms with E-state index >= 15 is 0 Å². The third-order valence-corrected chi connectivity index (χ3v) is 4.15. The van der Waals surface area contributed by atoms with Gasteiger partial charge in [0.15, 0.2) is 17.5 Å². The zero-order valence-electron chi connectivity index (χ0n) is 15.3. The van der Waals surface area contributed by atoms with Gasteiger partial charge in [0.2, 0.25) is 0 Å². The number of anilines is 3. The van der Waals surface area contributed by atoms with Crippen molar-refractivity contribution in [1.29, 1.82) is 0 Å². The van der Waals surface area contributed by atoms with Crippen molar-refractivity contribution in [2.75, 3.05) is 10.6 Å². The molecule has 0 aliphatic carbocycles. The minimum atomic E-state index is -1.57. The summed E-state index contributed by atoms with van der Waals surface area (Å²) < 4.78 is 40.3. The second-order valence-electron chi connectivity index (χ2n) is 6.51. The maximum Gasteiger partial charge on any atom is 0.257 e. The van der Waals surface area contributed by atoms with Crippen LogP contribution in [0.1, 0.15) is 35.7 Å². The number of benzene rings is 2. The topological polar surface area (TPSA) is 54.0 Å². The van der Waals surface area contributed by atoms with Crippen molar-refractivity contribution in [1.82, 2.24) is 4.98 Å². The number of amides is 1. The van der Waals surface area contributed by atoms with Crippen LogP contribution in [0.25, 0.3) is 0 Å². The first-order chi connectivity index (χ1) is 13.4. The Kier molecular flexibility index (Phi) is 5.63. The Morgan fingerprint density at radius 1 is 0.964 bits per heavy atom. The van der Waals surface area contributed by atoms with Gasteiger partial charge in [-0.25, -0.2) is 13.2 Å². The van der Waals surface area contributed by atoms with Gasteiger partial charge >= 0.3 is 0 Å². The summed E-state index contributed by atoms with van der Waals surface area (Å²) in [6.07, 6.45) is 2.71. The van der Waals surface area contributed by atoms with Crippen molar-refractivity contribution in [2.45, 2.75) is 19.8 Å². The molecule has 0 aliphatic heterocycles. The molecule has 7 heteroatoms. The maximum atomic E-state index is 13.8. The Bertz CT molecular complexity index is 1020. The molecule has 0 atom stereocenters. The van der Waals surface area contributed by atoms with E-state index in [2.05, 4.69) is 15.6 Å². The van der Waals surface area contributed by atoms with Gasteiger partial charge in [0.05, 0.1) is 23.1 Å². The number of para-hydroxylation sites is 1. The van der Waals surface area contributed by atoms with E-state index in [1.54, 1.807) is 6.07 Å². The summed E-state index contributed by atoms with van der Waals surface area (Å²) in [6.45, 7) is 4.04. The van der Waals surface area contributed by atoms with Gasteiger partial charge in [-0.1, -0.05) is 32.0 Å². The highest BCUT2D eigenvalue weighted by Crippen LogP contribution is 2.26. The molecule has 28 heavy (non-hydrogen) atoms. The largest absolute Gasteiger partial charge is 0.352 e. The minimum Gasteiger partial charge on any atom is -0.352 e. The van der Waals surface area contributed by atoms with Crippen LogP contribution in [-0.4, -0.2) is 10.9 Å². The third-order valence-electron chi connectivity index (χ3n) is 4.15. The molecular weight excluding hydrogens is 367 g/mol. The first-order valence-electron chi connectivity index (χ1n) is 8.62. The fourth-order valence-corrected chi connectivity index (χ4v) is 2.72. The second-order valence-corrected chi connectivity index (χ2v) is 6.51. The summed E-state index contributed by atoms with van der Waals surface area (Å²) in [4.78, 5) is 16.6. The highest BCUT2D eigenvalue weighted by Gasteiger charge is 2.15. The summed E-state index contributed by atoms with van der Waals surface area (Å²) in [6, 6.07) is 10.8. The lowest BCUT2D eigenvalue weighted by atomic mass is 10.0. The Labute approximate surface area is 160 Å². The molecule has 3 rings (SSSR count). The van der Waals surface area contributed by atoms with Gasteiger partial charge < -0.3 is 10.6 Å². The SMILES string of the molecule is CC(C)c1ccccc1NC(=O)c1cncc(Nc2ccc(F)c(F)c2F)c1. The molecule has 1 aromatic heterocycles. The number of carbonyl (C=O) groups excluding carboxylic acids is 1. The van der Waals surface area contributed by atoms with Crippen LogP contribution in [0.2, 0.25) is 0 Å². The molecule has 0 saturated carbocycles. The Balaban J connectivity index is 1.82. The van der Waals surface area contributed by atoms with E-state index in [1.807, 2.05) is 32.0 Å². The predicted molar refractivity (Wildman–Crippen MR) is 102 cm³/mol. The molecular formula is C21H18F3N3O. The highest BCUT2D eigenvalue weighted by molar-refractivity contribution is 6.05. The Hall–Kier alpha value is -3.35. The summed E-state index contributed by atoms with van der Waals surface area (Å²) in [5, 5.41) is 5.44. The normalized spacial score (nSPS) is 10.8. The van der Waals surface area contributed by atoms with Crippen LogP contribution in [0.15, 0.2) is 54.9 Å². The van der Waals surface area contributed by atoms with Gasteiger partial charge in [0, 0.05) is 11.9 Å². The van der Waals surface area contributed by atoms with Crippen LogP contribution in [0, 0.1) is 17.5 Å². The van der Waals surface area contributed by atoms with Crippen LogP contribution in [0.4, 0.5) is 30.2 Å². The number of carbonyl (C=O) groups is 1. The molecule has 0 spiro atoms. The first-order valence-corrected chi connectivity index (χ1v) is 8.62. The van der Waals surface area contributed by atoms with E-state index in [9.17, 15) is 18.0 Å². The summed E-state index contributed by atoms with van der Waals surface area (Å²) in [7, 11) is 0. The molecule has 2 aromatic carbocycles. The van der Waals surface area contributed by atoms with Gasteiger partial charge in [-0.3, -0.25) is 9.78 Å². The minimum absolute atomic E-state index is 0.221. The zero-order chi connectivity index (χ0) is 20.3. The van der Waals surface area contributed by atoms with Crippen molar-refractivity contribution in [3.8, 4) is 0 Å². The van der Waals surface area contributed by atoms with Crippen LogP contribution in [0.5, 0.6) is 0 Å². The van der Waals surface area contributed by atoms with Crippen molar-refractivity contribution >= 4 is 23.0 Å². The molecule has 1 heterocycles. The molecule has 3 aromatic rings. The average molecular weight is 385 g/mol. The lowest BCUT2D eigenvalue weighted by Crippen LogP contribution is -2.14. The molecule has 0 unspecified atom stereocenters. The lowest BCUT2D eigenvalue weighted by Gasteiger charge is -2.14. The van der Waals surface area contributed by atoms with Crippen LogP contribution >= 0.6 is 0 Å². The van der Waals surface area contributed by atoms with Gasteiger partial charge in [0.1, 0.15) is 0 Å². The Morgan fingerprint density at radius 2 is 1.71 bits per heavy atom. The molecule has 0 aliphatic rings. The van der Waals surface area contributed by atoms with E-state index in [1.165, 1.54) is 18.5 Å². The molecule has 4 nitrogen and oxygen atoms in total. The standard InChI is InChI=1S/C21H18F3N3O/c1-12(2)15-5-3-4-6-17(15)27-21(28)13-9-14(11-25-10-13)26-18-8-7-16(22)19(23)20(18)24/h3-12,26H,1-2H3,(H,27,28). The third kappa shape index (κ3) is 4.14. The number of hydrogen-bond acceptors (Lipinski definition) is 3. The number of hydrogen-bond donors (Lipinski definition) is 2. The zero-order valence-corrected chi connectivity index (χ0v) is 15.3. The summed E-state index contributed by atoms with van der Waals surface area (Å²) >= 11 is 0. The predicted octanol–water partition coefficient (Wildman–Crippen LogP) is 5.62. The molecule has 2 N–H and O–H groups in total. The highest BCUT2D eigenvalue weighted by atomic mass is 19.2. The maximum absolute atomic E-state index is 13.8. The number of rotatable bonds is 5. The Morgan fingerprint density at radius 3 is 2.46 bits per heavy atom. The summed E-state index contributed by atoms with van der Waals surface area (Å²) in [5.74, 6) is -4.37. The summed E-state index contributed by atoms with van der Waals surface area (Å²) in [5.41, 5.74) is 1.90. The number of nitrogens with one attached hydrogen (secondary N) is 2. The molecule has 0 saturated heterocycles. The molecule has 0 fully saturated rings. The van der Waals surface area contributed by atoms with Crippen molar-refractivity contribution < 1.29 is 18.0 Å². The van der Waals surface area contributed by atoms with Gasteiger partial charge in [-0.15, -0.1) is 0 Å². The lowest BCUT2D eigenvalue weighted by molar-refractivity contribution is 0.102. The molecule has 144 valence electrons. The molecule has 0 radical (unpaired) electrons. The van der Waals surface area contributed by atoms with E-state index in [4.69, 9.17) is 0 Å². The van der Waals surface area contributed by atoms with Crippen molar-refractivity contribution in [2.24, 2.45) is 0 Å². The fourth-order valence-electron chi connectivity index (χ4n) is 2.72. The molecule has 1 amide bonds. The van der Waals surface area contributed by atoms with Crippen LogP contribution in [-0.2, 0) is 0 Å². The number of halogens is 3. The van der Waals surface area contributed by atoms with E-state index in [-0.39, 0.29) is 22.9 Å². The van der Waals surface area contributed by atoms with Gasteiger partial charge in [-0.05, 0) is 35.7 Å². The van der Waals surface area contributed by atoms with Gasteiger partial charge in [0.25, 0.3) is 5.91 Å². The van der Waals surface area contributed by atoms with Crippen LogP contribution < -0.4 is 10.6 Å². The van der Waals surface area contributed by atoms with E-state index in [0.29, 0.717) is 5.69 Å². The van der Waals surface area contributed by atoms with Crippen molar-refractivity contribution in [3.63, 3.8) is 0 Å².